The lowest BCUT2D eigenvalue weighted by Gasteiger charge is -2.19. The van der Waals surface area contributed by atoms with Crippen LogP contribution in [0.15, 0.2) is 42.7 Å². The molecule has 1 atom stereocenters. The van der Waals surface area contributed by atoms with Crippen molar-refractivity contribution in [3.05, 3.63) is 48.3 Å². The molecule has 0 saturated carbocycles. The summed E-state index contributed by atoms with van der Waals surface area (Å²) in [5.41, 5.74) is 2.13. The van der Waals surface area contributed by atoms with Crippen LogP contribution in [-0.4, -0.2) is 40.7 Å². The van der Waals surface area contributed by atoms with E-state index in [0.29, 0.717) is 6.54 Å². The highest BCUT2D eigenvalue weighted by Crippen LogP contribution is 2.13. The van der Waals surface area contributed by atoms with E-state index in [9.17, 15) is 4.79 Å². The molecule has 2 aromatic rings. The van der Waals surface area contributed by atoms with Crippen molar-refractivity contribution in [1.82, 2.24) is 20.0 Å². The lowest BCUT2D eigenvalue weighted by molar-refractivity contribution is -0.130. The Morgan fingerprint density at radius 3 is 2.75 bits per heavy atom. The molecule has 5 heteroatoms. The summed E-state index contributed by atoms with van der Waals surface area (Å²) in [5, 5.41) is 7.50. The van der Waals surface area contributed by atoms with Gasteiger partial charge >= 0.3 is 0 Å². The zero-order chi connectivity index (χ0) is 14.5. The number of carbonyl (C=O) groups is 1. The lowest BCUT2D eigenvalue weighted by Crippen LogP contribution is -2.41. The van der Waals surface area contributed by atoms with Gasteiger partial charge in [0.1, 0.15) is 0 Å². The van der Waals surface area contributed by atoms with E-state index in [1.807, 2.05) is 48.1 Å². The Kier molecular flexibility index (Phi) is 4.53. The van der Waals surface area contributed by atoms with Gasteiger partial charge in [0.2, 0.25) is 5.91 Å². The third kappa shape index (κ3) is 3.24. The van der Waals surface area contributed by atoms with Gasteiger partial charge in [0, 0.05) is 33.0 Å². The van der Waals surface area contributed by atoms with E-state index >= 15 is 0 Å². The van der Waals surface area contributed by atoms with Crippen molar-refractivity contribution in [1.29, 1.82) is 0 Å². The summed E-state index contributed by atoms with van der Waals surface area (Å²) in [6, 6.07) is 9.70. The molecule has 0 aliphatic rings. The van der Waals surface area contributed by atoms with Crippen molar-refractivity contribution in [3.63, 3.8) is 0 Å². The second kappa shape index (κ2) is 6.34. The van der Waals surface area contributed by atoms with Crippen LogP contribution in [0.4, 0.5) is 0 Å². The van der Waals surface area contributed by atoms with E-state index in [1.54, 1.807) is 25.2 Å². The predicted octanol–water partition coefficient (Wildman–Crippen LogP) is 1.44. The van der Waals surface area contributed by atoms with E-state index in [-0.39, 0.29) is 11.9 Å². The zero-order valence-corrected chi connectivity index (χ0v) is 12.1. The van der Waals surface area contributed by atoms with Gasteiger partial charge < -0.3 is 10.2 Å². The number of hydrogen-bond acceptors (Lipinski definition) is 3. The number of nitrogens with zero attached hydrogens (tertiary/aromatic N) is 3. The molecule has 1 aromatic carbocycles. The first-order valence-electron chi connectivity index (χ1n) is 6.62. The highest BCUT2D eigenvalue weighted by molar-refractivity contribution is 5.80. The Morgan fingerprint density at radius 2 is 2.10 bits per heavy atom. The van der Waals surface area contributed by atoms with Crippen molar-refractivity contribution >= 4 is 5.91 Å². The van der Waals surface area contributed by atoms with E-state index in [4.69, 9.17) is 0 Å². The van der Waals surface area contributed by atoms with E-state index < -0.39 is 0 Å². The van der Waals surface area contributed by atoms with Crippen LogP contribution >= 0.6 is 0 Å². The third-order valence-corrected chi connectivity index (χ3v) is 3.15. The van der Waals surface area contributed by atoms with Gasteiger partial charge in [-0.05, 0) is 24.6 Å². The summed E-state index contributed by atoms with van der Waals surface area (Å²) in [5.74, 6) is 0.0709. The monoisotopic (exact) mass is 272 g/mol. The number of amides is 1. The quantitative estimate of drug-likeness (QED) is 0.896. The Labute approximate surface area is 119 Å². The Hall–Kier alpha value is -2.14. The summed E-state index contributed by atoms with van der Waals surface area (Å²) >= 11 is 0. The predicted molar refractivity (Wildman–Crippen MR) is 78.6 cm³/mol. The molecule has 5 nitrogen and oxygen atoms in total. The van der Waals surface area contributed by atoms with Crippen LogP contribution in [0.5, 0.6) is 0 Å². The zero-order valence-electron chi connectivity index (χ0n) is 12.1. The minimum Gasteiger partial charge on any atom is -0.347 e. The highest BCUT2D eigenvalue weighted by atomic mass is 16.2. The minimum absolute atomic E-state index is 0.0709. The number of rotatable bonds is 5. The molecular formula is C15H20N4O. The number of para-hydroxylation sites is 1. The van der Waals surface area contributed by atoms with E-state index in [1.165, 1.54) is 0 Å². The topological polar surface area (TPSA) is 50.2 Å². The summed E-state index contributed by atoms with van der Waals surface area (Å²) in [4.78, 5) is 13.4. The van der Waals surface area contributed by atoms with Gasteiger partial charge in [-0.2, -0.15) is 5.10 Å². The first kappa shape index (κ1) is 14.3. The maximum Gasteiger partial charge on any atom is 0.238 e. The van der Waals surface area contributed by atoms with Crippen LogP contribution in [-0.2, 0) is 11.3 Å². The van der Waals surface area contributed by atoms with Crippen LogP contribution in [0.25, 0.3) is 5.69 Å². The summed E-state index contributed by atoms with van der Waals surface area (Å²) in [7, 11) is 3.52. The first-order chi connectivity index (χ1) is 9.59. The number of carbonyl (C=O) groups excluding carboxylic acids is 1. The first-order valence-corrected chi connectivity index (χ1v) is 6.62. The Balaban J connectivity index is 2.09. The molecule has 1 unspecified atom stereocenters. The van der Waals surface area contributed by atoms with Crippen LogP contribution in [0.3, 0.4) is 0 Å². The molecule has 0 aliphatic carbocycles. The number of nitrogens with one attached hydrogen (secondary N) is 1. The molecule has 0 aliphatic heterocycles. The van der Waals surface area contributed by atoms with Crippen molar-refractivity contribution in [3.8, 4) is 5.69 Å². The van der Waals surface area contributed by atoms with Crippen molar-refractivity contribution in [2.75, 3.05) is 14.1 Å². The second-order valence-corrected chi connectivity index (χ2v) is 4.91. The molecule has 20 heavy (non-hydrogen) atoms. The number of aromatic nitrogens is 2. The lowest BCUT2D eigenvalue weighted by atomic mass is 10.1. The Morgan fingerprint density at radius 1 is 1.35 bits per heavy atom. The molecule has 0 bridgehead atoms. The van der Waals surface area contributed by atoms with Gasteiger partial charge in [-0.25, -0.2) is 4.68 Å². The average molecular weight is 272 g/mol. The van der Waals surface area contributed by atoms with Crippen LogP contribution in [0.1, 0.15) is 12.5 Å². The summed E-state index contributed by atoms with van der Waals surface area (Å²) in [6.45, 7) is 2.50. The molecule has 1 aromatic heterocycles. The van der Waals surface area contributed by atoms with Gasteiger partial charge in [-0.15, -0.1) is 0 Å². The van der Waals surface area contributed by atoms with Gasteiger partial charge in [0.25, 0.3) is 0 Å². The highest BCUT2D eigenvalue weighted by Gasteiger charge is 2.14. The fourth-order valence-corrected chi connectivity index (χ4v) is 2.03. The van der Waals surface area contributed by atoms with Crippen molar-refractivity contribution < 1.29 is 4.79 Å². The molecule has 0 saturated heterocycles. The number of likely N-dealkylation sites (N-methyl/N-ethyl adjacent to an activating group) is 1. The number of benzene rings is 1. The normalized spacial score (nSPS) is 12.2. The van der Waals surface area contributed by atoms with Gasteiger partial charge in [0.05, 0.1) is 11.7 Å². The molecule has 1 amide bonds. The molecule has 1 heterocycles. The molecule has 106 valence electrons. The molecule has 2 rings (SSSR count). The van der Waals surface area contributed by atoms with E-state index in [0.717, 1.165) is 11.3 Å². The maximum atomic E-state index is 11.8. The molecule has 0 radical (unpaired) electrons. The van der Waals surface area contributed by atoms with Crippen molar-refractivity contribution in [2.24, 2.45) is 0 Å². The fourth-order valence-electron chi connectivity index (χ4n) is 2.03. The fraction of sp³-hybridized carbons (Fsp3) is 0.333. The SMILES string of the molecule is CC(NCc1ccccc1-n1cccn1)C(=O)N(C)C. The maximum absolute atomic E-state index is 11.8. The molecule has 0 spiro atoms. The van der Waals surface area contributed by atoms with E-state index in [2.05, 4.69) is 10.4 Å². The largest absolute Gasteiger partial charge is 0.347 e. The smallest absolute Gasteiger partial charge is 0.238 e. The summed E-state index contributed by atoms with van der Waals surface area (Å²) < 4.78 is 1.83. The average Bonchev–Trinajstić information content (AvgIpc) is 2.98. The van der Waals surface area contributed by atoms with Gasteiger partial charge in [-0.1, -0.05) is 18.2 Å². The van der Waals surface area contributed by atoms with Crippen LogP contribution in [0.2, 0.25) is 0 Å². The van der Waals surface area contributed by atoms with Crippen LogP contribution in [0, 0.1) is 0 Å². The third-order valence-electron chi connectivity index (χ3n) is 3.15. The standard InChI is InChI=1S/C15H20N4O/c1-12(15(20)18(2)3)16-11-13-7-4-5-8-14(13)19-10-6-9-17-19/h4-10,12,16H,11H2,1-3H3. The van der Waals surface area contributed by atoms with Gasteiger partial charge in [-0.3, -0.25) is 4.79 Å². The van der Waals surface area contributed by atoms with Gasteiger partial charge in [0.15, 0.2) is 0 Å². The van der Waals surface area contributed by atoms with Crippen molar-refractivity contribution in [2.45, 2.75) is 19.5 Å². The molecule has 1 N–H and O–H groups in total. The molecular weight excluding hydrogens is 252 g/mol. The Bertz CT molecular complexity index is 563. The second-order valence-electron chi connectivity index (χ2n) is 4.91. The minimum atomic E-state index is -0.212. The molecule has 0 fully saturated rings. The number of hydrogen-bond donors (Lipinski definition) is 1. The van der Waals surface area contributed by atoms with Crippen LogP contribution < -0.4 is 5.32 Å². The summed E-state index contributed by atoms with van der Waals surface area (Å²) in [6.07, 6.45) is 3.66.